The largest absolute Gasteiger partial charge is 0.484 e. The molecule has 0 saturated heterocycles. The average Bonchev–Trinajstić information content (AvgIpc) is 3.43. The summed E-state index contributed by atoms with van der Waals surface area (Å²) in [5.74, 6) is -0.287. The zero-order chi connectivity index (χ0) is 25.6. The first-order valence-electron chi connectivity index (χ1n) is 11.5. The molecule has 0 bridgehead atoms. The molecule has 0 fully saturated rings. The van der Waals surface area contributed by atoms with E-state index < -0.39 is 0 Å². The summed E-state index contributed by atoms with van der Waals surface area (Å²) in [5, 5.41) is 5.26. The summed E-state index contributed by atoms with van der Waals surface area (Å²) in [6, 6.07) is 29.5. The Hall–Kier alpha value is -4.62. The van der Waals surface area contributed by atoms with E-state index in [2.05, 4.69) is 10.3 Å². The number of anilines is 1. The molecule has 1 heterocycles. The topological polar surface area (TPSA) is 68.3 Å². The summed E-state index contributed by atoms with van der Waals surface area (Å²) in [7, 11) is 0. The number of ketones is 1. The van der Waals surface area contributed by atoms with Gasteiger partial charge in [0.25, 0.3) is 5.91 Å². The highest BCUT2D eigenvalue weighted by molar-refractivity contribution is 7.13. The minimum absolute atomic E-state index is 0.0818. The van der Waals surface area contributed by atoms with Crippen LogP contribution in [0.2, 0.25) is 0 Å². The van der Waals surface area contributed by atoms with E-state index in [9.17, 15) is 14.0 Å². The van der Waals surface area contributed by atoms with Crippen LogP contribution in [-0.2, 0) is 4.79 Å². The number of nitrogens with zero attached hydrogens (tertiary/aromatic N) is 1. The molecule has 1 aromatic heterocycles. The molecule has 182 valence electrons. The van der Waals surface area contributed by atoms with E-state index in [4.69, 9.17) is 4.74 Å². The van der Waals surface area contributed by atoms with Crippen molar-refractivity contribution < 1.29 is 18.7 Å². The zero-order valence-electron chi connectivity index (χ0n) is 19.6. The molecule has 0 radical (unpaired) electrons. The van der Waals surface area contributed by atoms with E-state index in [1.54, 1.807) is 60.7 Å². The molecule has 0 aliphatic heterocycles. The molecule has 0 aliphatic carbocycles. The highest BCUT2D eigenvalue weighted by Gasteiger charge is 2.15. The predicted molar refractivity (Wildman–Crippen MR) is 143 cm³/mol. The van der Waals surface area contributed by atoms with E-state index in [1.165, 1.54) is 17.4 Å². The first kappa shape index (κ1) is 24.1. The fourth-order valence-corrected chi connectivity index (χ4v) is 4.61. The van der Waals surface area contributed by atoms with Crippen molar-refractivity contribution in [2.24, 2.45) is 0 Å². The van der Waals surface area contributed by atoms with Crippen LogP contribution >= 0.6 is 11.3 Å². The van der Waals surface area contributed by atoms with Gasteiger partial charge in [0.05, 0.1) is 11.4 Å². The van der Waals surface area contributed by atoms with E-state index in [-0.39, 0.29) is 24.1 Å². The summed E-state index contributed by atoms with van der Waals surface area (Å²) in [6.45, 7) is -0.210. The number of halogens is 1. The molecule has 1 N–H and O–H groups in total. The summed E-state index contributed by atoms with van der Waals surface area (Å²) in [5.41, 5.74) is 3.51. The molecule has 5 nitrogen and oxygen atoms in total. The normalized spacial score (nSPS) is 10.6. The van der Waals surface area contributed by atoms with Crippen LogP contribution in [0, 0.1) is 5.82 Å². The second-order valence-corrected chi connectivity index (χ2v) is 8.98. The number of para-hydroxylation sites is 1. The Morgan fingerprint density at radius 3 is 2.19 bits per heavy atom. The number of benzene rings is 4. The van der Waals surface area contributed by atoms with Gasteiger partial charge in [0.1, 0.15) is 16.6 Å². The van der Waals surface area contributed by atoms with E-state index in [0.29, 0.717) is 38.8 Å². The maximum Gasteiger partial charge on any atom is 0.262 e. The van der Waals surface area contributed by atoms with Crippen LogP contribution in [0.4, 0.5) is 10.1 Å². The lowest BCUT2D eigenvalue weighted by Crippen LogP contribution is -2.20. The maximum atomic E-state index is 14.2. The molecule has 0 saturated carbocycles. The first-order chi connectivity index (χ1) is 18.1. The summed E-state index contributed by atoms with van der Waals surface area (Å²) in [6.07, 6.45) is 0. The van der Waals surface area contributed by atoms with Crippen molar-refractivity contribution in [3.8, 4) is 27.6 Å². The van der Waals surface area contributed by atoms with Crippen LogP contribution in [0.3, 0.4) is 0 Å². The van der Waals surface area contributed by atoms with Crippen LogP contribution in [0.5, 0.6) is 5.75 Å². The minimum Gasteiger partial charge on any atom is -0.484 e. The third-order valence-corrected chi connectivity index (χ3v) is 6.48. The van der Waals surface area contributed by atoms with Gasteiger partial charge < -0.3 is 10.1 Å². The van der Waals surface area contributed by atoms with Crippen LogP contribution in [0.1, 0.15) is 15.9 Å². The number of thiazole rings is 1. The predicted octanol–water partition coefficient (Wildman–Crippen LogP) is 6.86. The molecular weight excluding hydrogens is 487 g/mol. The number of carbonyl (C=O) groups excluding carboxylic acids is 2. The van der Waals surface area contributed by atoms with Crippen LogP contribution < -0.4 is 10.1 Å². The van der Waals surface area contributed by atoms with Crippen molar-refractivity contribution in [1.29, 1.82) is 0 Å². The fourth-order valence-electron chi connectivity index (χ4n) is 3.77. The number of nitrogens with one attached hydrogen (secondary N) is 1. The Balaban J connectivity index is 1.23. The highest BCUT2D eigenvalue weighted by atomic mass is 32.1. The van der Waals surface area contributed by atoms with Crippen LogP contribution in [0.15, 0.2) is 109 Å². The molecule has 0 atom stereocenters. The number of hydrogen-bond acceptors (Lipinski definition) is 5. The lowest BCUT2D eigenvalue weighted by Gasteiger charge is -2.11. The van der Waals surface area contributed by atoms with Gasteiger partial charge in [-0.1, -0.05) is 60.7 Å². The molecule has 4 aromatic carbocycles. The van der Waals surface area contributed by atoms with Gasteiger partial charge in [-0.2, -0.15) is 0 Å². The van der Waals surface area contributed by atoms with Gasteiger partial charge in [0.15, 0.2) is 12.4 Å². The van der Waals surface area contributed by atoms with Crippen molar-refractivity contribution in [3.05, 3.63) is 125 Å². The highest BCUT2D eigenvalue weighted by Crippen LogP contribution is 2.33. The van der Waals surface area contributed by atoms with Gasteiger partial charge in [0, 0.05) is 27.6 Å². The maximum absolute atomic E-state index is 14.2. The van der Waals surface area contributed by atoms with Gasteiger partial charge in [0.2, 0.25) is 0 Å². The molecule has 1 amide bonds. The summed E-state index contributed by atoms with van der Waals surface area (Å²) >= 11 is 1.34. The Bertz CT molecular complexity index is 1550. The number of ether oxygens (including phenoxy) is 1. The quantitative estimate of drug-likeness (QED) is 0.232. The van der Waals surface area contributed by atoms with Crippen molar-refractivity contribution in [2.75, 3.05) is 11.9 Å². The van der Waals surface area contributed by atoms with Crippen molar-refractivity contribution in [3.63, 3.8) is 0 Å². The number of hydrogen-bond donors (Lipinski definition) is 1. The molecular formula is C30H21FN2O3S. The monoisotopic (exact) mass is 508 g/mol. The molecule has 37 heavy (non-hydrogen) atoms. The van der Waals surface area contributed by atoms with Gasteiger partial charge >= 0.3 is 0 Å². The van der Waals surface area contributed by atoms with E-state index in [0.717, 1.165) is 5.56 Å². The third-order valence-electron chi connectivity index (χ3n) is 5.61. The first-order valence-corrected chi connectivity index (χ1v) is 12.4. The molecule has 7 heteroatoms. The molecule has 0 unspecified atom stereocenters. The SMILES string of the molecule is O=C(COc1ccc(C(=O)c2ccccc2)cc1)Nc1ccccc1-c1csc(-c2ccccc2F)n1. The molecule has 0 aliphatic rings. The molecule has 0 spiro atoms. The minimum atomic E-state index is -0.346. The van der Waals surface area contributed by atoms with E-state index in [1.807, 2.05) is 41.8 Å². The molecule has 5 rings (SSSR count). The summed E-state index contributed by atoms with van der Waals surface area (Å²) < 4.78 is 19.8. The van der Waals surface area contributed by atoms with Crippen LogP contribution in [0.25, 0.3) is 21.8 Å². The Morgan fingerprint density at radius 1 is 0.784 bits per heavy atom. The van der Waals surface area contributed by atoms with Gasteiger partial charge in [-0.05, 0) is 42.5 Å². The van der Waals surface area contributed by atoms with Crippen molar-refractivity contribution >= 4 is 28.7 Å². The van der Waals surface area contributed by atoms with Crippen molar-refractivity contribution in [2.45, 2.75) is 0 Å². The summed E-state index contributed by atoms with van der Waals surface area (Å²) in [4.78, 5) is 29.8. The van der Waals surface area contributed by atoms with E-state index >= 15 is 0 Å². The fraction of sp³-hybridized carbons (Fsp3) is 0.0333. The average molecular weight is 509 g/mol. The Labute approximate surface area is 217 Å². The zero-order valence-corrected chi connectivity index (χ0v) is 20.4. The number of carbonyl (C=O) groups is 2. The van der Waals surface area contributed by atoms with Gasteiger partial charge in [-0.3, -0.25) is 9.59 Å². The third kappa shape index (κ3) is 5.63. The lowest BCUT2D eigenvalue weighted by atomic mass is 10.0. The standard InChI is InChI=1S/C30H21FN2O3S/c31-25-12-6-4-10-23(25)30-33-27(19-37-30)24-11-5-7-13-26(24)32-28(34)18-36-22-16-14-21(15-17-22)29(35)20-8-2-1-3-9-20/h1-17,19H,18H2,(H,32,34). The Morgan fingerprint density at radius 2 is 1.43 bits per heavy atom. The number of amides is 1. The van der Waals surface area contributed by atoms with Crippen molar-refractivity contribution in [1.82, 2.24) is 4.98 Å². The number of aromatic nitrogens is 1. The lowest BCUT2D eigenvalue weighted by molar-refractivity contribution is -0.118. The van der Waals surface area contributed by atoms with Gasteiger partial charge in [-0.25, -0.2) is 9.37 Å². The number of rotatable bonds is 8. The smallest absolute Gasteiger partial charge is 0.262 e. The molecule has 5 aromatic rings. The van der Waals surface area contributed by atoms with Crippen LogP contribution in [-0.4, -0.2) is 23.3 Å². The second-order valence-electron chi connectivity index (χ2n) is 8.12. The second kappa shape index (κ2) is 11.0. The Kier molecular flexibility index (Phi) is 7.14. The van der Waals surface area contributed by atoms with Gasteiger partial charge in [-0.15, -0.1) is 11.3 Å².